The number of fused-ring (bicyclic) bond motifs is 1. The minimum Gasteiger partial charge on any atom is -0.491 e. The average Bonchev–Trinajstić information content (AvgIpc) is 3.46. The van der Waals surface area contributed by atoms with Crippen LogP contribution >= 0.6 is 0 Å². The Kier molecular flexibility index (Phi) is 6.03. The van der Waals surface area contributed by atoms with Crippen LogP contribution in [0.4, 0.5) is 0 Å². The van der Waals surface area contributed by atoms with Crippen molar-refractivity contribution >= 4 is 11.6 Å². The molecule has 0 fully saturated rings. The molecule has 1 N–H and O–H groups in total. The Labute approximate surface area is 182 Å². The zero-order valence-corrected chi connectivity index (χ0v) is 18.1. The molecule has 2 aromatic carbocycles. The highest BCUT2D eigenvalue weighted by Gasteiger charge is 2.43. The van der Waals surface area contributed by atoms with Crippen molar-refractivity contribution in [3.05, 3.63) is 82.7 Å². The molecule has 5 nitrogen and oxygen atoms in total. The Morgan fingerprint density at radius 3 is 2.61 bits per heavy atom. The molecule has 1 atom stereocenters. The first-order chi connectivity index (χ1) is 15.1. The molecule has 0 amide bonds. The van der Waals surface area contributed by atoms with Gasteiger partial charge in [-0.3, -0.25) is 14.7 Å². The van der Waals surface area contributed by atoms with Gasteiger partial charge in [0.15, 0.2) is 11.6 Å². The zero-order chi connectivity index (χ0) is 21.8. The van der Waals surface area contributed by atoms with Crippen LogP contribution in [0.2, 0.25) is 0 Å². The van der Waals surface area contributed by atoms with Crippen molar-refractivity contribution in [1.82, 2.24) is 10.2 Å². The lowest BCUT2D eigenvalue weighted by molar-refractivity contribution is 0.0980. The number of benzene rings is 2. The molecule has 0 spiro atoms. The van der Waals surface area contributed by atoms with Gasteiger partial charge in [0.1, 0.15) is 12.4 Å². The Bertz CT molecular complexity index is 1070. The van der Waals surface area contributed by atoms with E-state index in [0.29, 0.717) is 36.3 Å². The fourth-order valence-electron chi connectivity index (χ4n) is 4.48. The van der Waals surface area contributed by atoms with E-state index >= 15 is 0 Å². The third kappa shape index (κ3) is 3.92. The van der Waals surface area contributed by atoms with Gasteiger partial charge in [0, 0.05) is 30.2 Å². The van der Waals surface area contributed by atoms with Gasteiger partial charge in [0.05, 0.1) is 17.2 Å². The second-order valence-corrected chi connectivity index (χ2v) is 8.15. The summed E-state index contributed by atoms with van der Waals surface area (Å²) in [6.45, 7) is 4.45. The van der Waals surface area contributed by atoms with Crippen molar-refractivity contribution < 1.29 is 14.3 Å². The first-order valence-corrected chi connectivity index (χ1v) is 11.0. The highest BCUT2D eigenvalue weighted by Crippen LogP contribution is 2.48. The summed E-state index contributed by atoms with van der Waals surface area (Å²) < 4.78 is 6.14. The van der Waals surface area contributed by atoms with Crippen LogP contribution in [0.15, 0.2) is 54.9 Å². The number of hydrogen-bond donors (Lipinski definition) is 1. The number of hydrogen-bond acceptors (Lipinski definition) is 4. The van der Waals surface area contributed by atoms with Crippen LogP contribution < -0.4 is 4.74 Å². The number of ketones is 2. The average molecular weight is 417 g/mol. The van der Waals surface area contributed by atoms with Gasteiger partial charge in [-0.2, -0.15) is 5.10 Å². The summed E-state index contributed by atoms with van der Waals surface area (Å²) in [4.78, 5) is 25.8. The van der Waals surface area contributed by atoms with Gasteiger partial charge < -0.3 is 4.74 Å². The molecule has 1 unspecified atom stereocenters. The van der Waals surface area contributed by atoms with Crippen molar-refractivity contribution in [1.29, 1.82) is 0 Å². The number of rotatable bonds is 9. The van der Waals surface area contributed by atoms with Crippen molar-refractivity contribution in [2.45, 2.75) is 51.4 Å². The first kappa shape index (κ1) is 21.0. The number of nitrogens with zero attached hydrogens (tertiary/aromatic N) is 1. The van der Waals surface area contributed by atoms with E-state index in [1.165, 1.54) is 0 Å². The molecule has 5 heteroatoms. The summed E-state index contributed by atoms with van der Waals surface area (Å²) in [5, 5.41) is 6.75. The monoisotopic (exact) mass is 416 g/mol. The van der Waals surface area contributed by atoms with Crippen molar-refractivity contribution in [2.75, 3.05) is 6.61 Å². The fraction of sp³-hybridized carbons (Fsp3) is 0.346. The Hall–Kier alpha value is -3.21. The summed E-state index contributed by atoms with van der Waals surface area (Å²) in [6.07, 6.45) is 6.78. The first-order valence-electron chi connectivity index (χ1n) is 11.0. The largest absolute Gasteiger partial charge is 0.491 e. The minimum absolute atomic E-state index is 0.00395. The third-order valence-electron chi connectivity index (χ3n) is 6.36. The fourth-order valence-corrected chi connectivity index (χ4v) is 4.48. The minimum atomic E-state index is -0.355. The molecule has 2 heterocycles. The standard InChI is InChI=1S/C26H28N2O3/c1-3-23(29)21-13-19(24(30)12-8-9-18-15-27-28-16-18)14-22-25(21)31-17-26(22,4-2)20-10-6-5-7-11-20/h5-7,10-11,13-16H,3-4,8-9,12,17H2,1-2H3,(H,27,28). The van der Waals surface area contributed by atoms with Crippen LogP contribution in [0.5, 0.6) is 5.75 Å². The number of aryl methyl sites for hydroxylation is 1. The van der Waals surface area contributed by atoms with E-state index in [1.54, 1.807) is 12.3 Å². The van der Waals surface area contributed by atoms with Gasteiger partial charge in [-0.1, -0.05) is 44.2 Å². The molecule has 1 aliphatic rings. The second kappa shape index (κ2) is 8.88. The van der Waals surface area contributed by atoms with Crippen molar-refractivity contribution in [3.8, 4) is 5.75 Å². The molecule has 0 aliphatic carbocycles. The molecule has 0 radical (unpaired) electrons. The van der Waals surface area contributed by atoms with Crippen LogP contribution in [0, 0.1) is 0 Å². The van der Waals surface area contributed by atoms with E-state index in [0.717, 1.165) is 36.0 Å². The lowest BCUT2D eigenvalue weighted by Crippen LogP contribution is -2.28. The SMILES string of the molecule is CCC(=O)c1cc(C(=O)CCCc2cn[nH]c2)cc2c1OCC2(CC)c1ccccc1. The van der Waals surface area contributed by atoms with Crippen molar-refractivity contribution in [2.24, 2.45) is 0 Å². The summed E-state index contributed by atoms with van der Waals surface area (Å²) in [7, 11) is 0. The zero-order valence-electron chi connectivity index (χ0n) is 18.1. The van der Waals surface area contributed by atoms with Gasteiger partial charge in [0.2, 0.25) is 0 Å². The Balaban J connectivity index is 1.71. The van der Waals surface area contributed by atoms with E-state index in [1.807, 2.05) is 37.4 Å². The number of H-pyrrole nitrogens is 1. The van der Waals surface area contributed by atoms with Gasteiger partial charge in [-0.15, -0.1) is 0 Å². The summed E-state index contributed by atoms with van der Waals surface area (Å²) >= 11 is 0. The smallest absolute Gasteiger partial charge is 0.166 e. The maximum absolute atomic E-state index is 13.1. The van der Waals surface area contributed by atoms with Gasteiger partial charge in [-0.05, 0) is 42.5 Å². The van der Waals surface area contributed by atoms with Crippen LogP contribution in [-0.4, -0.2) is 28.4 Å². The third-order valence-corrected chi connectivity index (χ3v) is 6.36. The number of nitrogens with one attached hydrogen (secondary N) is 1. The topological polar surface area (TPSA) is 72.0 Å². The van der Waals surface area contributed by atoms with E-state index in [2.05, 4.69) is 29.3 Å². The lowest BCUT2D eigenvalue weighted by atomic mass is 9.73. The van der Waals surface area contributed by atoms with Crippen LogP contribution in [0.25, 0.3) is 0 Å². The lowest BCUT2D eigenvalue weighted by Gasteiger charge is -2.27. The number of aromatic nitrogens is 2. The number of ether oxygens (including phenoxy) is 1. The maximum atomic E-state index is 13.1. The van der Waals surface area contributed by atoms with E-state index in [-0.39, 0.29) is 17.0 Å². The molecule has 1 aliphatic heterocycles. The molecule has 3 aromatic rings. The maximum Gasteiger partial charge on any atom is 0.166 e. The molecule has 1 aromatic heterocycles. The van der Waals surface area contributed by atoms with Gasteiger partial charge in [0.25, 0.3) is 0 Å². The second-order valence-electron chi connectivity index (χ2n) is 8.15. The quantitative estimate of drug-likeness (QED) is 0.481. The molecule has 31 heavy (non-hydrogen) atoms. The molecule has 0 bridgehead atoms. The van der Waals surface area contributed by atoms with E-state index < -0.39 is 0 Å². The molecule has 160 valence electrons. The molecule has 4 rings (SSSR count). The highest BCUT2D eigenvalue weighted by atomic mass is 16.5. The number of Topliss-reactive ketones (excluding diaryl/α,β-unsaturated/α-hetero) is 2. The Morgan fingerprint density at radius 2 is 1.94 bits per heavy atom. The normalized spacial score (nSPS) is 17.2. The molecule has 0 saturated carbocycles. The van der Waals surface area contributed by atoms with Gasteiger partial charge >= 0.3 is 0 Å². The number of aromatic amines is 1. The predicted molar refractivity (Wildman–Crippen MR) is 120 cm³/mol. The van der Waals surface area contributed by atoms with E-state index in [4.69, 9.17) is 4.74 Å². The Morgan fingerprint density at radius 1 is 1.13 bits per heavy atom. The number of carbonyl (C=O) groups is 2. The summed E-state index contributed by atoms with van der Waals surface area (Å²) in [5.74, 6) is 0.707. The van der Waals surface area contributed by atoms with Gasteiger partial charge in [-0.25, -0.2) is 0 Å². The van der Waals surface area contributed by atoms with E-state index in [9.17, 15) is 9.59 Å². The van der Waals surface area contributed by atoms with Crippen LogP contribution in [0.3, 0.4) is 0 Å². The van der Waals surface area contributed by atoms with Crippen LogP contribution in [-0.2, 0) is 11.8 Å². The van der Waals surface area contributed by atoms with Crippen LogP contribution in [0.1, 0.15) is 76.9 Å². The molecule has 0 saturated heterocycles. The van der Waals surface area contributed by atoms with Crippen molar-refractivity contribution in [3.63, 3.8) is 0 Å². The number of carbonyl (C=O) groups excluding carboxylic acids is 2. The molecular weight excluding hydrogens is 388 g/mol. The highest BCUT2D eigenvalue weighted by molar-refractivity contribution is 6.04. The predicted octanol–water partition coefficient (Wildman–Crippen LogP) is 5.30. The summed E-state index contributed by atoms with van der Waals surface area (Å²) in [6, 6.07) is 13.9. The summed E-state index contributed by atoms with van der Waals surface area (Å²) in [5.41, 5.74) is 3.97. The molecular formula is C26H28N2O3.